The van der Waals surface area contributed by atoms with Gasteiger partial charge < -0.3 is 15.0 Å². The summed E-state index contributed by atoms with van der Waals surface area (Å²) in [6.07, 6.45) is -0.123. The van der Waals surface area contributed by atoms with E-state index in [0.29, 0.717) is 23.0 Å². The van der Waals surface area contributed by atoms with E-state index < -0.39 is 11.7 Å². The Bertz CT molecular complexity index is 947. The lowest BCUT2D eigenvalue weighted by Crippen LogP contribution is -2.27. The highest BCUT2D eigenvalue weighted by Crippen LogP contribution is 2.32. The van der Waals surface area contributed by atoms with Gasteiger partial charge in [-0.3, -0.25) is 9.97 Å². The predicted molar refractivity (Wildman–Crippen MR) is 104 cm³/mol. The van der Waals surface area contributed by atoms with Crippen molar-refractivity contribution in [1.82, 2.24) is 20.3 Å². The number of nitrogens with one attached hydrogen (secondary N) is 1. The Balaban J connectivity index is 1.73. The fraction of sp³-hybridized carbons (Fsp3) is 0.250. The van der Waals surface area contributed by atoms with Crippen molar-refractivity contribution in [2.45, 2.75) is 6.18 Å². The number of alkyl halides is 3. The van der Waals surface area contributed by atoms with Crippen LogP contribution in [0.25, 0.3) is 11.3 Å². The van der Waals surface area contributed by atoms with Crippen LogP contribution in [-0.2, 0) is 6.18 Å². The second kappa shape index (κ2) is 8.87. The van der Waals surface area contributed by atoms with Gasteiger partial charge in [0.05, 0.1) is 23.7 Å². The number of aromatic nitrogens is 3. The summed E-state index contributed by atoms with van der Waals surface area (Å²) >= 11 is 0. The molecule has 0 aliphatic heterocycles. The van der Waals surface area contributed by atoms with Crippen LogP contribution < -0.4 is 15.0 Å². The molecule has 29 heavy (non-hydrogen) atoms. The molecule has 0 radical (unpaired) electrons. The first kappa shape index (κ1) is 20.5. The molecule has 0 fully saturated rings. The molecule has 0 bridgehead atoms. The first-order chi connectivity index (χ1) is 13.9. The monoisotopic (exact) mass is 403 g/mol. The summed E-state index contributed by atoms with van der Waals surface area (Å²) in [5.41, 5.74) is 0.0479. The van der Waals surface area contributed by atoms with E-state index >= 15 is 0 Å². The van der Waals surface area contributed by atoms with Crippen LogP contribution in [-0.4, -0.2) is 42.1 Å². The summed E-state index contributed by atoms with van der Waals surface area (Å²) in [5.74, 6) is 1.48. The highest BCUT2D eigenvalue weighted by atomic mass is 19.4. The van der Waals surface area contributed by atoms with Gasteiger partial charge in [0.2, 0.25) is 5.88 Å². The number of benzene rings is 1. The second-order valence-corrected chi connectivity index (χ2v) is 6.29. The summed E-state index contributed by atoms with van der Waals surface area (Å²) in [7, 11) is 3.78. The molecule has 0 amide bonds. The zero-order chi connectivity index (χ0) is 20.9. The number of pyridine rings is 1. The van der Waals surface area contributed by atoms with Crippen LogP contribution in [0.2, 0.25) is 0 Å². The van der Waals surface area contributed by atoms with Crippen LogP contribution in [0.3, 0.4) is 0 Å². The maximum Gasteiger partial charge on any atom is 0.416 e. The summed E-state index contributed by atoms with van der Waals surface area (Å²) in [4.78, 5) is 14.5. The van der Waals surface area contributed by atoms with Crippen LogP contribution in [0.4, 0.5) is 19.0 Å². The Morgan fingerprint density at radius 1 is 1.10 bits per heavy atom. The average Bonchev–Trinajstić information content (AvgIpc) is 2.72. The molecule has 1 aromatic carbocycles. The number of halogens is 3. The van der Waals surface area contributed by atoms with Gasteiger partial charge in [-0.2, -0.15) is 18.2 Å². The fourth-order valence-electron chi connectivity index (χ4n) is 2.54. The van der Waals surface area contributed by atoms with E-state index in [2.05, 4.69) is 20.3 Å². The van der Waals surface area contributed by atoms with Gasteiger partial charge in [-0.1, -0.05) is 0 Å². The molecule has 6 nitrogen and oxygen atoms in total. The zero-order valence-electron chi connectivity index (χ0n) is 15.9. The molecule has 0 aliphatic rings. The quantitative estimate of drug-likeness (QED) is 0.643. The van der Waals surface area contributed by atoms with Crippen molar-refractivity contribution in [2.75, 3.05) is 32.1 Å². The van der Waals surface area contributed by atoms with E-state index in [-0.39, 0.29) is 5.69 Å². The number of rotatable bonds is 7. The molecule has 0 saturated heterocycles. The van der Waals surface area contributed by atoms with Crippen LogP contribution in [0.1, 0.15) is 5.56 Å². The van der Waals surface area contributed by atoms with E-state index in [1.165, 1.54) is 6.20 Å². The summed E-state index contributed by atoms with van der Waals surface area (Å²) < 4.78 is 44.4. The van der Waals surface area contributed by atoms with Crippen molar-refractivity contribution in [1.29, 1.82) is 0 Å². The lowest BCUT2D eigenvalue weighted by atomic mass is 10.1. The van der Waals surface area contributed by atoms with Gasteiger partial charge in [0.1, 0.15) is 5.75 Å². The smallest absolute Gasteiger partial charge is 0.416 e. The van der Waals surface area contributed by atoms with Crippen LogP contribution in [0.5, 0.6) is 11.6 Å². The molecule has 2 heterocycles. The molecule has 3 rings (SSSR count). The van der Waals surface area contributed by atoms with Gasteiger partial charge >= 0.3 is 6.18 Å². The van der Waals surface area contributed by atoms with E-state index in [4.69, 9.17) is 4.74 Å². The number of likely N-dealkylation sites (N-methyl/N-ethyl adjacent to an activating group) is 2. The van der Waals surface area contributed by atoms with Gasteiger partial charge in [-0.05, 0) is 43.4 Å². The third-order valence-corrected chi connectivity index (χ3v) is 4.15. The highest BCUT2D eigenvalue weighted by molar-refractivity contribution is 5.61. The van der Waals surface area contributed by atoms with Gasteiger partial charge in [0.25, 0.3) is 0 Å². The number of ether oxygens (including phenoxy) is 1. The second-order valence-electron chi connectivity index (χ2n) is 6.29. The summed E-state index contributed by atoms with van der Waals surface area (Å²) in [5, 5.41) is 3.06. The van der Waals surface area contributed by atoms with Gasteiger partial charge in [0.15, 0.2) is 5.82 Å². The topological polar surface area (TPSA) is 63.2 Å². The summed E-state index contributed by atoms with van der Waals surface area (Å²) in [6.45, 7) is 1.56. The van der Waals surface area contributed by atoms with E-state index in [1.807, 2.05) is 19.0 Å². The molecule has 3 aromatic rings. The Kier molecular flexibility index (Phi) is 6.28. The Morgan fingerprint density at radius 3 is 2.55 bits per heavy atom. The number of hydrogen-bond acceptors (Lipinski definition) is 6. The van der Waals surface area contributed by atoms with E-state index in [0.717, 1.165) is 31.4 Å². The SMILES string of the molecule is CNCCN(C)c1cncc(Oc2ccc(-c3cc(C(F)(F)F)ccn3)cc2)n1. The molecule has 0 spiro atoms. The van der Waals surface area contributed by atoms with Crippen molar-refractivity contribution in [3.05, 3.63) is 60.6 Å². The molecule has 0 aliphatic carbocycles. The van der Waals surface area contributed by atoms with Gasteiger partial charge in [0, 0.05) is 31.9 Å². The lowest BCUT2D eigenvalue weighted by Gasteiger charge is -2.17. The third kappa shape index (κ3) is 5.41. The number of hydrogen-bond donors (Lipinski definition) is 1. The molecule has 0 atom stereocenters. The molecule has 152 valence electrons. The highest BCUT2D eigenvalue weighted by Gasteiger charge is 2.30. The third-order valence-electron chi connectivity index (χ3n) is 4.15. The Morgan fingerprint density at radius 2 is 1.86 bits per heavy atom. The molecular formula is C20H20F3N5O. The maximum atomic E-state index is 12.9. The molecule has 1 N–H and O–H groups in total. The Labute approximate surface area is 166 Å². The number of nitrogens with zero attached hydrogens (tertiary/aromatic N) is 4. The van der Waals surface area contributed by atoms with Crippen LogP contribution in [0.15, 0.2) is 55.0 Å². The molecule has 0 unspecified atom stereocenters. The first-order valence-electron chi connectivity index (χ1n) is 8.86. The maximum absolute atomic E-state index is 12.9. The molecule has 9 heteroatoms. The van der Waals surface area contributed by atoms with Crippen molar-refractivity contribution in [3.63, 3.8) is 0 Å². The minimum Gasteiger partial charge on any atom is -0.437 e. The van der Waals surface area contributed by atoms with Crippen molar-refractivity contribution in [3.8, 4) is 22.9 Å². The number of anilines is 1. The largest absolute Gasteiger partial charge is 0.437 e. The lowest BCUT2D eigenvalue weighted by molar-refractivity contribution is -0.137. The van der Waals surface area contributed by atoms with E-state index in [1.54, 1.807) is 30.5 Å². The average molecular weight is 403 g/mol. The fourth-order valence-corrected chi connectivity index (χ4v) is 2.54. The van der Waals surface area contributed by atoms with E-state index in [9.17, 15) is 13.2 Å². The molecule has 0 saturated carbocycles. The minimum absolute atomic E-state index is 0.235. The van der Waals surface area contributed by atoms with Gasteiger partial charge in [-0.25, -0.2) is 0 Å². The van der Waals surface area contributed by atoms with Crippen molar-refractivity contribution in [2.24, 2.45) is 0 Å². The summed E-state index contributed by atoms with van der Waals surface area (Å²) in [6, 6.07) is 8.56. The standard InChI is InChI=1S/C20H20F3N5O/c1-24-9-10-28(2)18-12-25-13-19(27-18)29-16-5-3-14(4-6-16)17-11-15(7-8-26-17)20(21,22)23/h3-8,11-13,24H,9-10H2,1-2H3. The molecular weight excluding hydrogens is 383 g/mol. The van der Waals surface area contributed by atoms with Crippen LogP contribution in [0, 0.1) is 0 Å². The van der Waals surface area contributed by atoms with Crippen molar-refractivity contribution < 1.29 is 17.9 Å². The zero-order valence-corrected chi connectivity index (χ0v) is 15.9. The van der Waals surface area contributed by atoms with Crippen LogP contribution >= 0.6 is 0 Å². The van der Waals surface area contributed by atoms with Crippen molar-refractivity contribution >= 4 is 5.82 Å². The first-order valence-corrected chi connectivity index (χ1v) is 8.86. The normalized spacial score (nSPS) is 11.3. The Hall–Kier alpha value is -3.20. The minimum atomic E-state index is -4.41. The predicted octanol–water partition coefficient (Wildman–Crippen LogP) is 4.01. The van der Waals surface area contributed by atoms with Gasteiger partial charge in [-0.15, -0.1) is 0 Å². The molecule has 2 aromatic heterocycles.